The van der Waals surface area contributed by atoms with E-state index in [1.807, 2.05) is 30.3 Å². The maximum absolute atomic E-state index is 13.6. The summed E-state index contributed by atoms with van der Waals surface area (Å²) in [5.41, 5.74) is 1.63. The fraction of sp³-hybridized carbons (Fsp3) is 0.423. The summed E-state index contributed by atoms with van der Waals surface area (Å²) in [4.78, 5) is 28.4. The van der Waals surface area contributed by atoms with Gasteiger partial charge >= 0.3 is 5.97 Å². The van der Waals surface area contributed by atoms with Crippen molar-refractivity contribution in [3.05, 3.63) is 53.7 Å². The predicted molar refractivity (Wildman–Crippen MR) is 145 cm³/mol. The molecule has 2 N–H and O–H groups in total. The number of amides is 1. The van der Waals surface area contributed by atoms with Crippen LogP contribution < -0.4 is 14.8 Å². The van der Waals surface area contributed by atoms with Crippen LogP contribution in [0.4, 0.5) is 5.69 Å². The minimum Gasteiger partial charge on any atom is -0.494 e. The zero-order chi connectivity index (χ0) is 28.0. The average Bonchev–Trinajstić information content (AvgIpc) is 3.29. The van der Waals surface area contributed by atoms with E-state index in [1.165, 1.54) is 20.3 Å². The van der Waals surface area contributed by atoms with Crippen LogP contribution in [-0.4, -0.2) is 94.3 Å². The predicted octanol–water partition coefficient (Wildman–Crippen LogP) is 1.26. The van der Waals surface area contributed by atoms with Crippen molar-refractivity contribution in [3.8, 4) is 5.75 Å². The SMILES string of the molecule is COC(=O)[C@H](Cc1ccccc1)NC(=O)c1nn(CCN2CCOCC2)c2c(OC)cc(NS(C)(=O)=O)cc12. The first-order chi connectivity index (χ1) is 18.7. The van der Waals surface area contributed by atoms with Crippen LogP contribution in [0.1, 0.15) is 16.1 Å². The molecule has 39 heavy (non-hydrogen) atoms. The molecule has 1 saturated heterocycles. The van der Waals surface area contributed by atoms with Gasteiger partial charge in [0, 0.05) is 37.5 Å². The number of hydrogen-bond acceptors (Lipinski definition) is 9. The Labute approximate surface area is 227 Å². The van der Waals surface area contributed by atoms with Gasteiger partial charge < -0.3 is 19.5 Å². The Bertz CT molecular complexity index is 1420. The number of ether oxygens (including phenoxy) is 3. The minimum atomic E-state index is -3.60. The summed E-state index contributed by atoms with van der Waals surface area (Å²) < 4.78 is 44.0. The van der Waals surface area contributed by atoms with Crippen molar-refractivity contribution in [2.45, 2.75) is 19.0 Å². The molecule has 210 valence electrons. The van der Waals surface area contributed by atoms with Crippen molar-refractivity contribution in [2.75, 3.05) is 58.0 Å². The van der Waals surface area contributed by atoms with Crippen LogP contribution >= 0.6 is 0 Å². The summed E-state index contributed by atoms with van der Waals surface area (Å²) in [6.07, 6.45) is 1.26. The summed E-state index contributed by atoms with van der Waals surface area (Å²) >= 11 is 0. The number of methoxy groups -OCH3 is 2. The van der Waals surface area contributed by atoms with E-state index >= 15 is 0 Å². The second-order valence-corrected chi connectivity index (χ2v) is 11.0. The van der Waals surface area contributed by atoms with Gasteiger partial charge in [0.05, 0.1) is 45.9 Å². The van der Waals surface area contributed by atoms with E-state index in [2.05, 4.69) is 20.0 Å². The third-order valence-corrected chi connectivity index (χ3v) is 6.96. The van der Waals surface area contributed by atoms with Crippen LogP contribution in [0.2, 0.25) is 0 Å². The van der Waals surface area contributed by atoms with Gasteiger partial charge in [-0.15, -0.1) is 0 Å². The minimum absolute atomic E-state index is 0.0318. The third kappa shape index (κ3) is 7.25. The van der Waals surface area contributed by atoms with Gasteiger partial charge in [0.1, 0.15) is 17.3 Å². The standard InChI is InChI=1S/C26H33N5O7S/c1-36-22-17-19(29-39(3,34)35)16-20-23(28-31(24(20)22)10-9-30-11-13-38-14-12-30)25(32)27-21(26(33)37-2)15-18-7-5-4-6-8-18/h4-8,16-17,21,29H,9-15H2,1-3H3,(H,27,32)/t21-/m0/s1. The molecule has 13 heteroatoms. The molecule has 4 rings (SSSR count). The summed E-state index contributed by atoms with van der Waals surface area (Å²) in [6.45, 7) is 3.97. The molecule has 1 aromatic heterocycles. The molecule has 2 heterocycles. The topological polar surface area (TPSA) is 141 Å². The number of fused-ring (bicyclic) bond motifs is 1. The van der Waals surface area contributed by atoms with E-state index in [0.717, 1.165) is 24.9 Å². The number of nitrogens with zero attached hydrogens (tertiary/aromatic N) is 3. The van der Waals surface area contributed by atoms with E-state index in [1.54, 1.807) is 10.7 Å². The van der Waals surface area contributed by atoms with E-state index in [9.17, 15) is 18.0 Å². The number of aromatic nitrogens is 2. The lowest BCUT2D eigenvalue weighted by Gasteiger charge is -2.26. The normalized spacial score (nSPS) is 15.1. The molecule has 0 saturated carbocycles. The number of anilines is 1. The highest BCUT2D eigenvalue weighted by atomic mass is 32.2. The van der Waals surface area contributed by atoms with Gasteiger partial charge in [-0.1, -0.05) is 30.3 Å². The fourth-order valence-corrected chi connectivity index (χ4v) is 5.06. The van der Waals surface area contributed by atoms with Crippen LogP contribution in [-0.2, 0) is 37.3 Å². The summed E-state index contributed by atoms with van der Waals surface area (Å²) in [6, 6.07) is 11.4. The summed E-state index contributed by atoms with van der Waals surface area (Å²) in [7, 11) is -0.879. The molecule has 0 aliphatic carbocycles. The van der Waals surface area contributed by atoms with Crippen LogP contribution in [0.25, 0.3) is 10.9 Å². The Morgan fingerprint density at radius 2 is 1.82 bits per heavy atom. The number of morpholine rings is 1. The number of benzene rings is 2. The van der Waals surface area contributed by atoms with Crippen LogP contribution in [0, 0.1) is 0 Å². The highest BCUT2D eigenvalue weighted by Crippen LogP contribution is 2.33. The molecule has 0 radical (unpaired) electrons. The number of hydrogen-bond donors (Lipinski definition) is 2. The smallest absolute Gasteiger partial charge is 0.328 e. The lowest BCUT2D eigenvalue weighted by molar-refractivity contribution is -0.142. The maximum Gasteiger partial charge on any atom is 0.328 e. The first-order valence-corrected chi connectivity index (χ1v) is 14.4. The molecule has 0 unspecified atom stereocenters. The fourth-order valence-electron chi connectivity index (χ4n) is 4.51. The van der Waals surface area contributed by atoms with Crippen molar-refractivity contribution in [1.82, 2.24) is 20.0 Å². The number of carbonyl (C=O) groups excluding carboxylic acids is 2. The summed E-state index contributed by atoms with van der Waals surface area (Å²) in [5.74, 6) is -0.851. The first-order valence-electron chi connectivity index (χ1n) is 12.5. The molecule has 1 amide bonds. The number of carbonyl (C=O) groups is 2. The zero-order valence-corrected chi connectivity index (χ0v) is 23.0. The second-order valence-electron chi connectivity index (χ2n) is 9.21. The van der Waals surface area contributed by atoms with E-state index in [-0.39, 0.29) is 17.8 Å². The lowest BCUT2D eigenvalue weighted by atomic mass is 10.1. The molecule has 0 spiro atoms. The van der Waals surface area contributed by atoms with Crippen LogP contribution in [0.15, 0.2) is 42.5 Å². The van der Waals surface area contributed by atoms with Gasteiger partial charge in [-0.25, -0.2) is 13.2 Å². The monoisotopic (exact) mass is 559 g/mol. The van der Waals surface area contributed by atoms with Crippen molar-refractivity contribution < 1.29 is 32.2 Å². The molecular weight excluding hydrogens is 526 g/mol. The van der Waals surface area contributed by atoms with Gasteiger partial charge in [-0.05, 0) is 11.6 Å². The lowest BCUT2D eigenvalue weighted by Crippen LogP contribution is -2.43. The summed E-state index contributed by atoms with van der Waals surface area (Å²) in [5, 5.41) is 7.73. The quantitative estimate of drug-likeness (QED) is 0.332. The van der Waals surface area contributed by atoms with E-state index in [4.69, 9.17) is 14.2 Å². The molecule has 3 aromatic rings. The largest absolute Gasteiger partial charge is 0.494 e. The van der Waals surface area contributed by atoms with Crippen molar-refractivity contribution in [2.24, 2.45) is 0 Å². The van der Waals surface area contributed by atoms with Gasteiger partial charge in [-0.2, -0.15) is 5.10 Å². The Morgan fingerprint density at radius 3 is 2.46 bits per heavy atom. The molecule has 1 aliphatic rings. The van der Waals surface area contributed by atoms with Crippen LogP contribution in [0.5, 0.6) is 5.75 Å². The highest BCUT2D eigenvalue weighted by Gasteiger charge is 2.27. The zero-order valence-electron chi connectivity index (χ0n) is 22.2. The molecule has 1 fully saturated rings. The van der Waals surface area contributed by atoms with Crippen LogP contribution in [0.3, 0.4) is 0 Å². The van der Waals surface area contributed by atoms with Crippen molar-refractivity contribution in [1.29, 1.82) is 0 Å². The Kier molecular flexibility index (Phi) is 9.04. The van der Waals surface area contributed by atoms with Gasteiger partial charge in [0.2, 0.25) is 10.0 Å². The molecular formula is C26H33N5O7S. The molecule has 0 bridgehead atoms. The van der Waals surface area contributed by atoms with Gasteiger partial charge in [0.25, 0.3) is 5.91 Å². The van der Waals surface area contributed by atoms with Gasteiger partial charge in [0.15, 0.2) is 5.69 Å². The highest BCUT2D eigenvalue weighted by molar-refractivity contribution is 7.92. The third-order valence-electron chi connectivity index (χ3n) is 6.35. The number of rotatable bonds is 11. The molecule has 1 atom stereocenters. The Balaban J connectivity index is 1.72. The van der Waals surface area contributed by atoms with Gasteiger partial charge in [-0.3, -0.25) is 19.1 Å². The first kappa shape index (κ1) is 28.3. The Morgan fingerprint density at radius 1 is 1.10 bits per heavy atom. The molecule has 1 aliphatic heterocycles. The molecule has 12 nitrogen and oxygen atoms in total. The van der Waals surface area contributed by atoms with E-state index in [0.29, 0.717) is 43.0 Å². The van der Waals surface area contributed by atoms with Crippen molar-refractivity contribution >= 4 is 38.5 Å². The second kappa shape index (κ2) is 12.5. The maximum atomic E-state index is 13.6. The number of nitrogens with one attached hydrogen (secondary N) is 2. The number of esters is 1. The Hall–Kier alpha value is -3.68. The number of sulfonamides is 1. The van der Waals surface area contributed by atoms with E-state index < -0.39 is 27.9 Å². The molecule has 2 aromatic carbocycles. The van der Waals surface area contributed by atoms with Crippen molar-refractivity contribution in [3.63, 3.8) is 0 Å². The average molecular weight is 560 g/mol.